The zero-order valence-electron chi connectivity index (χ0n) is 26.7. The van der Waals surface area contributed by atoms with Gasteiger partial charge in [-0.25, -0.2) is 0 Å². The highest BCUT2D eigenvalue weighted by Crippen LogP contribution is 2.51. The molecule has 2 aliphatic carbocycles. The van der Waals surface area contributed by atoms with Crippen molar-refractivity contribution in [3.8, 4) is 33.6 Å². The summed E-state index contributed by atoms with van der Waals surface area (Å²) in [6, 6.07) is 49.7. The summed E-state index contributed by atoms with van der Waals surface area (Å²) in [5.41, 5.74) is 16.9. The van der Waals surface area contributed by atoms with E-state index in [0.29, 0.717) is 0 Å². The van der Waals surface area contributed by atoms with Gasteiger partial charge < -0.3 is 9.13 Å². The second kappa shape index (κ2) is 9.70. The zero-order chi connectivity index (χ0) is 31.3. The maximum Gasteiger partial charge on any atom is 0.0544 e. The standard InChI is InChI=1S/C45H34N2/c1-45(2)39-21-7-3-17-33(39)37-27-38-36-20-6-10-24-43(36)47(44(38)28-40(37)45)32-16-12-14-30(26-32)29-13-11-15-31(25-29)46-41-22-8-4-18-34(41)35-19-5-9-23-42(35)46/h3-8,10-22,24-28H,9,23H2,1-2H3. The van der Waals surface area contributed by atoms with Gasteiger partial charge >= 0.3 is 0 Å². The molecule has 0 radical (unpaired) electrons. The normalized spacial score (nSPS) is 14.5. The van der Waals surface area contributed by atoms with Crippen molar-refractivity contribution < 1.29 is 0 Å². The second-order valence-electron chi connectivity index (χ2n) is 13.7. The van der Waals surface area contributed by atoms with Gasteiger partial charge in [0.2, 0.25) is 0 Å². The predicted octanol–water partition coefficient (Wildman–Crippen LogP) is 11.7. The van der Waals surface area contributed by atoms with Crippen LogP contribution in [0.1, 0.15) is 42.7 Å². The minimum atomic E-state index is -0.0543. The van der Waals surface area contributed by atoms with E-state index in [1.165, 1.54) is 88.7 Å². The van der Waals surface area contributed by atoms with Gasteiger partial charge in [-0.3, -0.25) is 0 Å². The first-order valence-corrected chi connectivity index (χ1v) is 16.8. The number of hydrogen-bond acceptors (Lipinski definition) is 0. The largest absolute Gasteiger partial charge is 0.313 e. The first kappa shape index (κ1) is 26.6. The molecule has 2 nitrogen and oxygen atoms in total. The van der Waals surface area contributed by atoms with Gasteiger partial charge in [0.15, 0.2) is 0 Å². The minimum Gasteiger partial charge on any atom is -0.313 e. The number of para-hydroxylation sites is 2. The maximum atomic E-state index is 2.48. The fourth-order valence-electron chi connectivity index (χ4n) is 8.56. The predicted molar refractivity (Wildman–Crippen MR) is 198 cm³/mol. The molecule has 2 aliphatic rings. The first-order valence-electron chi connectivity index (χ1n) is 16.8. The number of nitrogens with zero attached hydrogens (tertiary/aromatic N) is 2. The summed E-state index contributed by atoms with van der Waals surface area (Å²) in [5, 5.41) is 3.92. The molecule has 2 heteroatoms. The molecule has 2 heterocycles. The van der Waals surface area contributed by atoms with Crippen LogP contribution in [0.4, 0.5) is 0 Å². The minimum absolute atomic E-state index is 0.0543. The highest BCUT2D eigenvalue weighted by Gasteiger charge is 2.36. The van der Waals surface area contributed by atoms with Gasteiger partial charge in [-0.1, -0.05) is 111 Å². The van der Waals surface area contributed by atoms with E-state index in [1.807, 2.05) is 0 Å². The van der Waals surface area contributed by atoms with Crippen molar-refractivity contribution in [2.75, 3.05) is 0 Å². The molecule has 0 unspecified atom stereocenters. The average molecular weight is 603 g/mol. The van der Waals surface area contributed by atoms with Crippen LogP contribution in [0.25, 0.3) is 72.4 Å². The van der Waals surface area contributed by atoms with Crippen molar-refractivity contribution >= 4 is 38.8 Å². The fourth-order valence-corrected chi connectivity index (χ4v) is 8.56. The van der Waals surface area contributed by atoms with Crippen molar-refractivity contribution in [2.45, 2.75) is 32.1 Å². The first-order chi connectivity index (χ1) is 23.1. The van der Waals surface area contributed by atoms with Gasteiger partial charge in [-0.2, -0.15) is 0 Å². The van der Waals surface area contributed by atoms with E-state index in [9.17, 15) is 0 Å². The van der Waals surface area contributed by atoms with E-state index >= 15 is 0 Å². The molecule has 8 aromatic rings. The highest BCUT2D eigenvalue weighted by molar-refractivity contribution is 6.11. The van der Waals surface area contributed by atoms with Gasteiger partial charge in [0.25, 0.3) is 0 Å². The van der Waals surface area contributed by atoms with Crippen LogP contribution in [0.3, 0.4) is 0 Å². The van der Waals surface area contributed by atoms with Crippen molar-refractivity contribution in [3.05, 3.63) is 162 Å². The lowest BCUT2D eigenvalue weighted by Crippen LogP contribution is -2.14. The number of hydrogen-bond donors (Lipinski definition) is 0. The summed E-state index contributed by atoms with van der Waals surface area (Å²) in [6.45, 7) is 4.73. The third kappa shape index (κ3) is 3.73. The summed E-state index contributed by atoms with van der Waals surface area (Å²) in [7, 11) is 0. The van der Waals surface area contributed by atoms with Gasteiger partial charge in [-0.15, -0.1) is 0 Å². The van der Waals surface area contributed by atoms with Crippen LogP contribution >= 0.6 is 0 Å². The Hall–Kier alpha value is -5.60. The molecule has 10 rings (SSSR count). The monoisotopic (exact) mass is 602 g/mol. The third-order valence-electron chi connectivity index (χ3n) is 10.8. The molecule has 47 heavy (non-hydrogen) atoms. The fraction of sp³-hybridized carbons (Fsp3) is 0.111. The van der Waals surface area contributed by atoms with Crippen LogP contribution in [0.2, 0.25) is 0 Å². The van der Waals surface area contributed by atoms with Crippen LogP contribution in [-0.4, -0.2) is 9.13 Å². The van der Waals surface area contributed by atoms with E-state index in [4.69, 9.17) is 0 Å². The third-order valence-corrected chi connectivity index (χ3v) is 10.8. The molecular formula is C45H34N2. The Morgan fingerprint density at radius 1 is 0.511 bits per heavy atom. The molecule has 0 bridgehead atoms. The number of aromatic nitrogens is 2. The highest BCUT2D eigenvalue weighted by atomic mass is 15.0. The van der Waals surface area contributed by atoms with E-state index in [2.05, 4.69) is 169 Å². The summed E-state index contributed by atoms with van der Waals surface area (Å²) in [6.07, 6.45) is 6.76. The number of rotatable bonds is 3. The van der Waals surface area contributed by atoms with Gasteiger partial charge in [0.05, 0.1) is 16.6 Å². The Morgan fingerprint density at radius 3 is 1.96 bits per heavy atom. The van der Waals surface area contributed by atoms with E-state index in [1.54, 1.807) is 0 Å². The number of allylic oxidation sites excluding steroid dienone is 1. The molecule has 0 atom stereocenters. The Balaban J connectivity index is 1.15. The van der Waals surface area contributed by atoms with Gasteiger partial charge in [0.1, 0.15) is 0 Å². The van der Waals surface area contributed by atoms with E-state index < -0.39 is 0 Å². The molecule has 2 aromatic heterocycles. The Kier molecular flexibility index (Phi) is 5.49. The molecule has 0 saturated carbocycles. The van der Waals surface area contributed by atoms with Gasteiger partial charge in [-0.05, 0) is 94.8 Å². The van der Waals surface area contributed by atoms with E-state index in [-0.39, 0.29) is 5.41 Å². The average Bonchev–Trinajstić information content (AvgIpc) is 3.71. The lowest BCUT2D eigenvalue weighted by Gasteiger charge is -2.21. The lowest BCUT2D eigenvalue weighted by molar-refractivity contribution is 0.661. The maximum absolute atomic E-state index is 2.48. The molecule has 0 amide bonds. The van der Waals surface area contributed by atoms with Crippen molar-refractivity contribution in [1.29, 1.82) is 0 Å². The summed E-state index contributed by atoms with van der Waals surface area (Å²) >= 11 is 0. The molecular weight excluding hydrogens is 569 g/mol. The van der Waals surface area contributed by atoms with Crippen LogP contribution in [0, 0.1) is 0 Å². The summed E-state index contributed by atoms with van der Waals surface area (Å²) in [5.74, 6) is 0. The zero-order valence-corrected chi connectivity index (χ0v) is 26.7. The van der Waals surface area contributed by atoms with Crippen LogP contribution in [-0.2, 0) is 11.8 Å². The molecule has 0 saturated heterocycles. The van der Waals surface area contributed by atoms with Crippen LogP contribution in [0.15, 0.2) is 140 Å². The van der Waals surface area contributed by atoms with Crippen molar-refractivity contribution in [1.82, 2.24) is 9.13 Å². The Bertz CT molecular complexity index is 2600. The van der Waals surface area contributed by atoms with Gasteiger partial charge in [0, 0.05) is 44.2 Å². The molecule has 0 fully saturated rings. The summed E-state index contributed by atoms with van der Waals surface area (Å²) < 4.78 is 4.95. The Labute approximate surface area is 274 Å². The number of fused-ring (bicyclic) bond motifs is 9. The summed E-state index contributed by atoms with van der Waals surface area (Å²) in [4.78, 5) is 0. The SMILES string of the molecule is CC1(C)c2ccccc2-c2cc3c4ccccc4n(-c4cccc(-c5cccc(-n6c7c(c8ccccc86)C=CCC7)c5)c4)c3cc21. The second-order valence-corrected chi connectivity index (χ2v) is 13.7. The van der Waals surface area contributed by atoms with Crippen LogP contribution in [0.5, 0.6) is 0 Å². The number of benzene rings is 6. The molecule has 0 aliphatic heterocycles. The molecule has 224 valence electrons. The quantitative estimate of drug-likeness (QED) is 0.190. The van der Waals surface area contributed by atoms with Crippen molar-refractivity contribution in [2.24, 2.45) is 0 Å². The van der Waals surface area contributed by atoms with E-state index in [0.717, 1.165) is 12.8 Å². The topological polar surface area (TPSA) is 9.86 Å². The Morgan fingerprint density at radius 2 is 1.17 bits per heavy atom. The van der Waals surface area contributed by atoms with Crippen LogP contribution < -0.4 is 0 Å². The smallest absolute Gasteiger partial charge is 0.0544 e. The molecule has 0 N–H and O–H groups in total. The molecule has 6 aromatic carbocycles. The lowest BCUT2D eigenvalue weighted by atomic mass is 9.82. The molecule has 0 spiro atoms. The van der Waals surface area contributed by atoms with Crippen molar-refractivity contribution in [3.63, 3.8) is 0 Å².